The van der Waals surface area contributed by atoms with Crippen molar-refractivity contribution in [1.82, 2.24) is 4.90 Å². The summed E-state index contributed by atoms with van der Waals surface area (Å²) < 4.78 is 12.8. The lowest BCUT2D eigenvalue weighted by Gasteiger charge is -2.34. The first kappa shape index (κ1) is 22.1. The summed E-state index contributed by atoms with van der Waals surface area (Å²) in [6.45, 7) is 3.11. The van der Waals surface area contributed by atoms with Gasteiger partial charge in [0.05, 0.1) is 12.7 Å². The number of fused-ring (bicyclic) bond motifs is 1. The molecule has 0 aromatic heterocycles. The normalized spacial score (nSPS) is 18.2. The van der Waals surface area contributed by atoms with Gasteiger partial charge >= 0.3 is 0 Å². The lowest BCUT2D eigenvalue weighted by atomic mass is 10.1. The van der Waals surface area contributed by atoms with Crippen molar-refractivity contribution in [3.05, 3.63) is 76.8 Å². The monoisotopic (exact) mass is 477 g/mol. The molecule has 29 heavy (non-hydrogen) atoms. The van der Waals surface area contributed by atoms with E-state index in [1.54, 1.807) is 0 Å². The van der Waals surface area contributed by atoms with Gasteiger partial charge < -0.3 is 14.6 Å². The number of aliphatic hydroxyl groups is 1. The third-order valence-electron chi connectivity index (χ3n) is 5.02. The summed E-state index contributed by atoms with van der Waals surface area (Å²) in [5, 5.41) is 12.8. The molecule has 154 valence electrons. The minimum atomic E-state index is -0.546. The van der Waals surface area contributed by atoms with Gasteiger partial charge in [-0.2, -0.15) is 0 Å². The Morgan fingerprint density at radius 1 is 1.07 bits per heavy atom. The molecule has 1 fully saturated rings. The zero-order valence-electron chi connectivity index (χ0n) is 16.0. The maximum absolute atomic E-state index is 10.5. The largest absolute Gasteiger partial charge is 0.491 e. The van der Waals surface area contributed by atoms with Crippen molar-refractivity contribution < 1.29 is 14.6 Å². The van der Waals surface area contributed by atoms with Crippen molar-refractivity contribution in [2.45, 2.75) is 12.2 Å². The highest BCUT2D eigenvalue weighted by molar-refractivity contribution is 9.10. The van der Waals surface area contributed by atoms with Crippen LogP contribution in [0, 0.1) is 0 Å². The third-order valence-corrected chi connectivity index (χ3v) is 5.55. The van der Waals surface area contributed by atoms with Crippen LogP contribution in [-0.2, 0) is 4.74 Å². The van der Waals surface area contributed by atoms with E-state index in [1.807, 2.05) is 42.5 Å². The summed E-state index contributed by atoms with van der Waals surface area (Å²) in [5.74, 6) is 0.785. The highest BCUT2D eigenvalue weighted by atomic mass is 79.9. The summed E-state index contributed by atoms with van der Waals surface area (Å²) in [6, 6.07) is 22.4. The van der Waals surface area contributed by atoms with E-state index < -0.39 is 6.10 Å². The fraction of sp³-hybridized carbons (Fsp3) is 0.304. The highest BCUT2D eigenvalue weighted by Crippen LogP contribution is 2.24. The number of ether oxygens (including phenoxy) is 2. The quantitative estimate of drug-likeness (QED) is 0.551. The number of β-amino-alcohol motifs (C(OH)–C–C–N with tert-alkyl or cyclic N) is 1. The number of hydrogen-bond donors (Lipinski definition) is 1. The van der Waals surface area contributed by atoms with E-state index in [1.165, 1.54) is 5.39 Å². The molecule has 3 aromatic rings. The molecule has 1 heterocycles. The molecule has 1 aliphatic rings. The first-order chi connectivity index (χ1) is 13.7. The molecule has 2 unspecified atom stereocenters. The Balaban J connectivity index is 0.00000240. The molecule has 1 saturated heterocycles. The van der Waals surface area contributed by atoms with Crippen LogP contribution in [0.4, 0.5) is 0 Å². The van der Waals surface area contributed by atoms with E-state index in [4.69, 9.17) is 9.47 Å². The molecule has 0 aliphatic carbocycles. The maximum atomic E-state index is 10.5. The maximum Gasteiger partial charge on any atom is 0.120 e. The number of rotatable bonds is 6. The lowest BCUT2D eigenvalue weighted by Crippen LogP contribution is -2.43. The number of aliphatic hydroxyl groups excluding tert-OH is 1. The van der Waals surface area contributed by atoms with Gasteiger partial charge in [0, 0.05) is 24.1 Å². The molecule has 4 rings (SSSR count). The number of benzene rings is 3. The van der Waals surface area contributed by atoms with Crippen molar-refractivity contribution in [3.8, 4) is 5.75 Å². The summed E-state index contributed by atoms with van der Waals surface area (Å²) in [5.41, 5.74) is 1.16. The molecule has 4 nitrogen and oxygen atoms in total. The van der Waals surface area contributed by atoms with Crippen molar-refractivity contribution in [2.24, 2.45) is 0 Å². The molecule has 6 heteroatoms. The highest BCUT2D eigenvalue weighted by Gasteiger charge is 2.23. The van der Waals surface area contributed by atoms with Crippen LogP contribution < -0.4 is 4.74 Å². The number of nitrogens with zero attached hydrogens (tertiary/aromatic N) is 1. The van der Waals surface area contributed by atoms with E-state index in [9.17, 15) is 5.11 Å². The van der Waals surface area contributed by atoms with E-state index in [2.05, 4.69) is 45.1 Å². The van der Waals surface area contributed by atoms with Crippen molar-refractivity contribution in [3.63, 3.8) is 0 Å². The van der Waals surface area contributed by atoms with Gasteiger partial charge in [0.2, 0.25) is 0 Å². The Bertz CT molecular complexity index is 921. The summed E-state index contributed by atoms with van der Waals surface area (Å²) >= 11 is 3.47. The smallest absolute Gasteiger partial charge is 0.120 e. The van der Waals surface area contributed by atoms with Crippen LogP contribution in [-0.4, -0.2) is 49.0 Å². The van der Waals surface area contributed by atoms with Gasteiger partial charge in [-0.05, 0) is 40.6 Å². The fourth-order valence-corrected chi connectivity index (χ4v) is 3.81. The molecule has 0 saturated carbocycles. The predicted octanol–water partition coefficient (Wildman–Crippen LogP) is 4.84. The number of hydrogen-bond acceptors (Lipinski definition) is 4. The Morgan fingerprint density at radius 3 is 2.62 bits per heavy atom. The molecule has 0 amide bonds. The third kappa shape index (κ3) is 5.93. The first-order valence-electron chi connectivity index (χ1n) is 9.56. The van der Waals surface area contributed by atoms with Crippen molar-refractivity contribution >= 4 is 39.1 Å². The minimum absolute atomic E-state index is 0. The molecule has 1 N–H and O–H groups in total. The standard InChI is InChI=1S/C23H24BrNO3.ClH/c24-20-8-5-18(6-9-20)23-15-25(11-12-27-23)14-21(26)16-28-22-10-7-17-3-1-2-4-19(17)13-22;/h1-10,13,21,23,26H,11-12,14-16H2;1H. The van der Waals surface area contributed by atoms with Crippen LogP contribution in [0.5, 0.6) is 5.75 Å². The van der Waals surface area contributed by atoms with E-state index in [0.29, 0.717) is 13.2 Å². The van der Waals surface area contributed by atoms with Crippen LogP contribution in [0.2, 0.25) is 0 Å². The summed E-state index contributed by atoms with van der Waals surface area (Å²) in [7, 11) is 0. The molecule has 0 radical (unpaired) electrons. The molecule has 0 spiro atoms. The summed E-state index contributed by atoms with van der Waals surface area (Å²) in [6.07, 6.45) is -0.509. The fourth-order valence-electron chi connectivity index (χ4n) is 3.55. The molecule has 0 bridgehead atoms. The van der Waals surface area contributed by atoms with E-state index >= 15 is 0 Å². The molecule has 1 aliphatic heterocycles. The molecule has 3 aromatic carbocycles. The predicted molar refractivity (Wildman–Crippen MR) is 122 cm³/mol. The van der Waals surface area contributed by atoms with E-state index in [0.717, 1.165) is 34.3 Å². The topological polar surface area (TPSA) is 41.9 Å². The Labute approximate surface area is 186 Å². The van der Waals surface area contributed by atoms with Crippen LogP contribution in [0.1, 0.15) is 11.7 Å². The Morgan fingerprint density at radius 2 is 1.83 bits per heavy atom. The average molecular weight is 479 g/mol. The van der Waals surface area contributed by atoms with Gasteiger partial charge in [0.25, 0.3) is 0 Å². The van der Waals surface area contributed by atoms with Crippen LogP contribution in [0.15, 0.2) is 71.2 Å². The van der Waals surface area contributed by atoms with Crippen molar-refractivity contribution in [2.75, 3.05) is 32.8 Å². The second-order valence-corrected chi connectivity index (χ2v) is 8.06. The lowest BCUT2D eigenvalue weighted by molar-refractivity contribution is -0.0459. The first-order valence-corrected chi connectivity index (χ1v) is 10.4. The van der Waals surface area contributed by atoms with Crippen LogP contribution in [0.3, 0.4) is 0 Å². The second-order valence-electron chi connectivity index (χ2n) is 7.14. The number of morpholine rings is 1. The van der Waals surface area contributed by atoms with Gasteiger partial charge in [0.1, 0.15) is 18.5 Å². The molecule has 2 atom stereocenters. The zero-order valence-corrected chi connectivity index (χ0v) is 18.4. The summed E-state index contributed by atoms with van der Waals surface area (Å²) in [4.78, 5) is 2.24. The van der Waals surface area contributed by atoms with Gasteiger partial charge in [-0.15, -0.1) is 12.4 Å². The second kappa shape index (κ2) is 10.4. The minimum Gasteiger partial charge on any atom is -0.491 e. The number of halogens is 2. The van der Waals surface area contributed by atoms with Crippen molar-refractivity contribution in [1.29, 1.82) is 0 Å². The molecular formula is C23H25BrClNO3. The van der Waals surface area contributed by atoms with Crippen LogP contribution in [0.25, 0.3) is 10.8 Å². The van der Waals surface area contributed by atoms with Gasteiger partial charge in [-0.25, -0.2) is 0 Å². The average Bonchev–Trinajstić information content (AvgIpc) is 2.73. The Hall–Kier alpha value is -1.63. The Kier molecular flexibility index (Phi) is 7.92. The van der Waals surface area contributed by atoms with Gasteiger partial charge in [0.15, 0.2) is 0 Å². The SMILES string of the molecule is Cl.OC(COc1ccc2ccccc2c1)CN1CCOC(c2ccc(Br)cc2)C1. The molecular weight excluding hydrogens is 454 g/mol. The zero-order chi connectivity index (χ0) is 19.3. The van der Waals surface area contributed by atoms with Gasteiger partial charge in [-0.1, -0.05) is 58.4 Å². The van der Waals surface area contributed by atoms with Gasteiger partial charge in [-0.3, -0.25) is 4.90 Å². The van der Waals surface area contributed by atoms with Crippen LogP contribution >= 0.6 is 28.3 Å². The van der Waals surface area contributed by atoms with E-state index in [-0.39, 0.29) is 25.1 Å².